The Kier molecular flexibility index (Phi) is 4.22. The summed E-state index contributed by atoms with van der Waals surface area (Å²) in [6.45, 7) is 2.90. The van der Waals surface area contributed by atoms with Crippen molar-refractivity contribution < 1.29 is 4.79 Å². The average Bonchev–Trinajstić information content (AvgIpc) is 3.12. The van der Waals surface area contributed by atoms with Crippen LogP contribution in [-0.2, 0) is 19.4 Å². The van der Waals surface area contributed by atoms with Gasteiger partial charge in [0.15, 0.2) is 0 Å². The summed E-state index contributed by atoms with van der Waals surface area (Å²) in [7, 11) is 0. The molecule has 2 aromatic rings. The monoisotopic (exact) mass is 305 g/mol. The van der Waals surface area contributed by atoms with E-state index in [9.17, 15) is 4.79 Å². The average molecular weight is 305 g/mol. The maximum atomic E-state index is 12.2. The Labute approximate surface area is 127 Å². The Bertz CT molecular complexity index is 586. The quantitative estimate of drug-likeness (QED) is 0.898. The van der Waals surface area contributed by atoms with Crippen LogP contribution in [0.3, 0.4) is 0 Å². The van der Waals surface area contributed by atoms with Gasteiger partial charge in [0.1, 0.15) is 0 Å². The van der Waals surface area contributed by atoms with Gasteiger partial charge in [-0.3, -0.25) is 4.79 Å². The normalized spacial score (nSPS) is 17.8. The van der Waals surface area contributed by atoms with Gasteiger partial charge >= 0.3 is 0 Å². The molecule has 1 unspecified atom stereocenters. The summed E-state index contributed by atoms with van der Waals surface area (Å²) in [5.41, 5.74) is 1.41. The van der Waals surface area contributed by atoms with E-state index >= 15 is 0 Å². The Hall–Kier alpha value is -1.13. The summed E-state index contributed by atoms with van der Waals surface area (Å²) in [6, 6.07) is 6.18. The van der Waals surface area contributed by atoms with Crippen LogP contribution in [0, 0.1) is 5.92 Å². The van der Waals surface area contributed by atoms with Crippen molar-refractivity contribution >= 4 is 28.6 Å². The molecule has 2 aromatic heterocycles. The molecule has 4 heteroatoms. The van der Waals surface area contributed by atoms with Crippen molar-refractivity contribution in [1.82, 2.24) is 5.32 Å². The number of hydrogen-bond donors (Lipinski definition) is 1. The highest BCUT2D eigenvalue weighted by Crippen LogP contribution is 2.33. The van der Waals surface area contributed by atoms with Crippen LogP contribution in [0.4, 0.5) is 0 Å². The summed E-state index contributed by atoms with van der Waals surface area (Å²) in [6.07, 6.45) is 4.83. The smallest absolute Gasteiger partial charge is 0.261 e. The van der Waals surface area contributed by atoms with E-state index in [0.29, 0.717) is 6.54 Å². The SMILES string of the molecule is CCC1CCc2sc(C(=O)NCc3cccs3)cc2C1. The zero-order chi connectivity index (χ0) is 13.9. The van der Waals surface area contributed by atoms with Crippen LogP contribution in [-0.4, -0.2) is 5.91 Å². The van der Waals surface area contributed by atoms with E-state index in [-0.39, 0.29) is 5.91 Å². The first-order chi connectivity index (χ1) is 9.76. The number of amides is 1. The summed E-state index contributed by atoms with van der Waals surface area (Å²) in [5.74, 6) is 0.880. The van der Waals surface area contributed by atoms with Gasteiger partial charge in [-0.15, -0.1) is 22.7 Å². The van der Waals surface area contributed by atoms with Crippen molar-refractivity contribution in [3.63, 3.8) is 0 Å². The second kappa shape index (κ2) is 6.10. The number of rotatable bonds is 4. The van der Waals surface area contributed by atoms with E-state index < -0.39 is 0 Å². The predicted molar refractivity (Wildman–Crippen MR) is 85.6 cm³/mol. The fourth-order valence-electron chi connectivity index (χ4n) is 2.73. The molecular formula is C16H19NOS2. The van der Waals surface area contributed by atoms with E-state index in [4.69, 9.17) is 0 Å². The lowest BCUT2D eigenvalue weighted by Gasteiger charge is -2.19. The van der Waals surface area contributed by atoms with Gasteiger partial charge < -0.3 is 5.32 Å². The molecule has 0 fully saturated rings. The van der Waals surface area contributed by atoms with Gasteiger partial charge in [0.05, 0.1) is 11.4 Å². The maximum absolute atomic E-state index is 12.2. The molecule has 2 nitrogen and oxygen atoms in total. The van der Waals surface area contributed by atoms with E-state index in [2.05, 4.69) is 24.4 Å². The van der Waals surface area contributed by atoms with E-state index in [1.807, 2.05) is 11.4 Å². The van der Waals surface area contributed by atoms with Crippen molar-refractivity contribution in [3.05, 3.63) is 43.8 Å². The second-order valence-corrected chi connectivity index (χ2v) is 7.51. The van der Waals surface area contributed by atoms with E-state index in [1.54, 1.807) is 22.7 Å². The molecule has 1 amide bonds. The molecule has 0 spiro atoms. The minimum atomic E-state index is 0.0749. The molecule has 1 atom stereocenters. The maximum Gasteiger partial charge on any atom is 0.261 e. The Balaban J connectivity index is 1.65. The van der Waals surface area contributed by atoms with Crippen molar-refractivity contribution in [3.8, 4) is 0 Å². The van der Waals surface area contributed by atoms with Gasteiger partial charge in [-0.1, -0.05) is 19.4 Å². The molecule has 20 heavy (non-hydrogen) atoms. The molecule has 3 rings (SSSR count). The van der Waals surface area contributed by atoms with E-state index in [1.165, 1.54) is 28.2 Å². The van der Waals surface area contributed by atoms with Crippen LogP contribution in [0.2, 0.25) is 0 Å². The Morgan fingerprint density at radius 3 is 3.15 bits per heavy atom. The summed E-state index contributed by atoms with van der Waals surface area (Å²) in [4.78, 5) is 15.7. The minimum absolute atomic E-state index is 0.0749. The predicted octanol–water partition coefficient (Wildman–Crippen LogP) is 4.25. The summed E-state index contributed by atoms with van der Waals surface area (Å²) >= 11 is 3.36. The molecular weight excluding hydrogens is 286 g/mol. The first-order valence-corrected chi connectivity index (χ1v) is 8.88. The fraction of sp³-hybridized carbons (Fsp3) is 0.438. The van der Waals surface area contributed by atoms with Crippen LogP contribution >= 0.6 is 22.7 Å². The number of carbonyl (C=O) groups excluding carboxylic acids is 1. The molecule has 0 bridgehead atoms. The molecule has 0 aliphatic heterocycles. The lowest BCUT2D eigenvalue weighted by atomic mass is 9.87. The minimum Gasteiger partial charge on any atom is -0.346 e. The number of carbonyl (C=O) groups is 1. The van der Waals surface area contributed by atoms with Crippen LogP contribution in [0.1, 0.15) is 44.8 Å². The highest BCUT2D eigenvalue weighted by molar-refractivity contribution is 7.14. The summed E-state index contributed by atoms with van der Waals surface area (Å²) in [5, 5.41) is 5.06. The van der Waals surface area contributed by atoms with Crippen molar-refractivity contribution in [1.29, 1.82) is 0 Å². The van der Waals surface area contributed by atoms with Crippen molar-refractivity contribution in [2.45, 2.75) is 39.2 Å². The molecule has 1 N–H and O–H groups in total. The third kappa shape index (κ3) is 2.96. The van der Waals surface area contributed by atoms with Crippen molar-refractivity contribution in [2.75, 3.05) is 0 Å². The molecule has 1 aliphatic carbocycles. The highest BCUT2D eigenvalue weighted by atomic mass is 32.1. The zero-order valence-corrected chi connectivity index (χ0v) is 13.3. The molecule has 0 saturated carbocycles. The second-order valence-electron chi connectivity index (χ2n) is 5.34. The van der Waals surface area contributed by atoms with Gasteiger partial charge in [0.25, 0.3) is 5.91 Å². The van der Waals surface area contributed by atoms with E-state index in [0.717, 1.165) is 23.6 Å². The number of aryl methyl sites for hydroxylation is 1. The van der Waals surface area contributed by atoms with Gasteiger partial charge in [0, 0.05) is 9.75 Å². The number of nitrogens with one attached hydrogen (secondary N) is 1. The van der Waals surface area contributed by atoms with Crippen molar-refractivity contribution in [2.24, 2.45) is 5.92 Å². The standard InChI is InChI=1S/C16H19NOS2/c1-2-11-5-6-14-12(8-11)9-15(20-14)16(18)17-10-13-4-3-7-19-13/h3-4,7,9,11H,2,5-6,8,10H2,1H3,(H,17,18). The van der Waals surface area contributed by atoms with Gasteiger partial charge in [0.2, 0.25) is 0 Å². The zero-order valence-electron chi connectivity index (χ0n) is 11.6. The lowest BCUT2D eigenvalue weighted by molar-refractivity contribution is 0.0955. The lowest BCUT2D eigenvalue weighted by Crippen LogP contribution is -2.21. The van der Waals surface area contributed by atoms with Crippen LogP contribution in [0.25, 0.3) is 0 Å². The molecule has 0 saturated heterocycles. The fourth-order valence-corrected chi connectivity index (χ4v) is 4.50. The molecule has 106 valence electrons. The number of hydrogen-bond acceptors (Lipinski definition) is 3. The molecule has 2 heterocycles. The first kappa shape index (κ1) is 13.8. The third-order valence-corrected chi connectivity index (χ3v) is 6.10. The Morgan fingerprint density at radius 1 is 1.50 bits per heavy atom. The van der Waals surface area contributed by atoms with Gasteiger partial charge in [-0.05, 0) is 48.3 Å². The highest BCUT2D eigenvalue weighted by Gasteiger charge is 2.21. The molecule has 1 aliphatic rings. The number of fused-ring (bicyclic) bond motifs is 1. The molecule has 0 aromatic carbocycles. The topological polar surface area (TPSA) is 29.1 Å². The van der Waals surface area contributed by atoms with Gasteiger partial charge in [-0.25, -0.2) is 0 Å². The largest absolute Gasteiger partial charge is 0.346 e. The van der Waals surface area contributed by atoms with Crippen LogP contribution < -0.4 is 5.32 Å². The Morgan fingerprint density at radius 2 is 2.40 bits per heavy atom. The first-order valence-electron chi connectivity index (χ1n) is 7.18. The molecule has 0 radical (unpaired) electrons. The van der Waals surface area contributed by atoms with Gasteiger partial charge in [-0.2, -0.15) is 0 Å². The third-order valence-electron chi connectivity index (χ3n) is 3.99. The van der Waals surface area contributed by atoms with Crippen LogP contribution in [0.5, 0.6) is 0 Å². The van der Waals surface area contributed by atoms with Crippen LogP contribution in [0.15, 0.2) is 23.6 Å². The number of thiophene rings is 2. The summed E-state index contributed by atoms with van der Waals surface area (Å²) < 4.78 is 0.